The summed E-state index contributed by atoms with van der Waals surface area (Å²) in [6.07, 6.45) is 4.84. The van der Waals surface area contributed by atoms with Gasteiger partial charge in [0.25, 0.3) is 5.91 Å². The molecule has 0 spiro atoms. The first-order valence-electron chi connectivity index (χ1n) is 9.79. The third-order valence-electron chi connectivity index (χ3n) is 4.70. The first-order valence-corrected chi connectivity index (χ1v) is 9.79. The first kappa shape index (κ1) is 21.5. The van der Waals surface area contributed by atoms with Crippen LogP contribution in [0.25, 0.3) is 6.08 Å². The van der Waals surface area contributed by atoms with Gasteiger partial charge in [-0.1, -0.05) is 36.4 Å². The number of hydrogen-bond donors (Lipinski definition) is 1. The van der Waals surface area contributed by atoms with Crippen LogP contribution in [0.1, 0.15) is 49.2 Å². The quantitative estimate of drug-likeness (QED) is 0.737. The number of aromatic hydroxyl groups is 1. The minimum absolute atomic E-state index is 0.0657. The molecule has 0 bridgehead atoms. The van der Waals surface area contributed by atoms with Crippen molar-refractivity contribution < 1.29 is 9.90 Å². The van der Waals surface area contributed by atoms with E-state index < -0.39 is 0 Å². The number of amides is 1. The zero-order valence-electron chi connectivity index (χ0n) is 17.8. The van der Waals surface area contributed by atoms with E-state index in [2.05, 4.69) is 6.08 Å². The van der Waals surface area contributed by atoms with Crippen molar-refractivity contribution in [3.05, 3.63) is 65.2 Å². The lowest BCUT2D eigenvalue weighted by Gasteiger charge is -2.30. The fourth-order valence-electron chi connectivity index (χ4n) is 3.53. The largest absolute Gasteiger partial charge is 0.506 e. The molecule has 0 aliphatic carbocycles. The lowest BCUT2D eigenvalue weighted by molar-refractivity contribution is 0.0643. The lowest BCUT2D eigenvalue weighted by atomic mass is 10.1. The van der Waals surface area contributed by atoms with E-state index in [4.69, 9.17) is 0 Å². The molecule has 1 amide bonds. The van der Waals surface area contributed by atoms with Crippen molar-refractivity contribution in [1.82, 2.24) is 4.90 Å². The van der Waals surface area contributed by atoms with Crippen LogP contribution in [0.15, 0.2) is 48.5 Å². The normalized spacial score (nSPS) is 11.4. The zero-order chi connectivity index (χ0) is 20.8. The van der Waals surface area contributed by atoms with Gasteiger partial charge in [-0.25, -0.2) is 0 Å². The molecule has 1 N–H and O–H groups in total. The highest BCUT2D eigenvalue weighted by molar-refractivity contribution is 5.94. The predicted octanol–water partition coefficient (Wildman–Crippen LogP) is 4.97. The van der Waals surface area contributed by atoms with Gasteiger partial charge < -0.3 is 14.9 Å². The standard InChI is InChI=1S/C24H32N2O2/c1-17(2)26(18(3)4)24(28)21-15-13-19(14-16-21)9-7-10-20-11-8-12-22(27)23(20)25(5)6/h7-9,11-18,27H,10H2,1-6H3/b9-7+. The SMILES string of the molecule is CC(C)N(C(=O)c1ccc(/C=C/Cc2cccc(O)c2N(C)C)cc1)C(C)C. The second kappa shape index (κ2) is 9.45. The van der Waals surface area contributed by atoms with Gasteiger partial charge in [0.2, 0.25) is 0 Å². The summed E-state index contributed by atoms with van der Waals surface area (Å²) in [6.45, 7) is 8.16. The summed E-state index contributed by atoms with van der Waals surface area (Å²) in [5, 5.41) is 10.1. The Kier molecular flexibility index (Phi) is 7.27. The lowest BCUT2D eigenvalue weighted by Crippen LogP contribution is -2.42. The van der Waals surface area contributed by atoms with E-state index in [-0.39, 0.29) is 18.0 Å². The Hall–Kier alpha value is -2.75. The molecule has 0 aliphatic rings. The van der Waals surface area contributed by atoms with E-state index in [1.807, 2.05) is 94.1 Å². The number of allylic oxidation sites excluding steroid dienone is 1. The zero-order valence-corrected chi connectivity index (χ0v) is 17.8. The second-order valence-corrected chi connectivity index (χ2v) is 7.81. The van der Waals surface area contributed by atoms with Crippen molar-refractivity contribution in [3.8, 4) is 5.75 Å². The molecule has 2 aromatic rings. The Balaban J connectivity index is 2.11. The van der Waals surface area contributed by atoms with Crippen LogP contribution in [0.2, 0.25) is 0 Å². The Morgan fingerprint density at radius 1 is 1.00 bits per heavy atom. The number of hydrogen-bond acceptors (Lipinski definition) is 3. The Bertz CT molecular complexity index is 813. The minimum Gasteiger partial charge on any atom is -0.506 e. The van der Waals surface area contributed by atoms with Crippen molar-refractivity contribution in [1.29, 1.82) is 0 Å². The van der Waals surface area contributed by atoms with Crippen molar-refractivity contribution in [2.75, 3.05) is 19.0 Å². The van der Waals surface area contributed by atoms with Crippen molar-refractivity contribution in [2.24, 2.45) is 0 Å². The number of phenolic OH excluding ortho intramolecular Hbond substituents is 1. The van der Waals surface area contributed by atoms with E-state index in [9.17, 15) is 9.90 Å². The molecule has 4 nitrogen and oxygen atoms in total. The van der Waals surface area contributed by atoms with Crippen LogP contribution < -0.4 is 4.90 Å². The van der Waals surface area contributed by atoms with E-state index >= 15 is 0 Å². The maximum absolute atomic E-state index is 12.8. The van der Waals surface area contributed by atoms with Crippen LogP contribution in [-0.4, -0.2) is 42.1 Å². The molecule has 0 fully saturated rings. The number of phenols is 1. The molecular formula is C24H32N2O2. The highest BCUT2D eigenvalue weighted by Gasteiger charge is 2.21. The third-order valence-corrected chi connectivity index (χ3v) is 4.70. The smallest absolute Gasteiger partial charge is 0.254 e. The molecule has 0 saturated heterocycles. The van der Waals surface area contributed by atoms with Crippen LogP contribution >= 0.6 is 0 Å². The fourth-order valence-corrected chi connectivity index (χ4v) is 3.53. The molecule has 28 heavy (non-hydrogen) atoms. The van der Waals surface area contributed by atoms with Crippen LogP contribution in [-0.2, 0) is 6.42 Å². The molecule has 0 aliphatic heterocycles. The highest BCUT2D eigenvalue weighted by atomic mass is 16.3. The molecule has 2 aromatic carbocycles. The van der Waals surface area contributed by atoms with Crippen LogP contribution in [0.5, 0.6) is 5.75 Å². The van der Waals surface area contributed by atoms with Crippen LogP contribution in [0.4, 0.5) is 5.69 Å². The minimum atomic E-state index is 0.0657. The van der Waals surface area contributed by atoms with E-state index in [1.165, 1.54) is 0 Å². The first-order chi connectivity index (χ1) is 13.2. The van der Waals surface area contributed by atoms with E-state index in [0.717, 1.165) is 23.2 Å². The van der Waals surface area contributed by atoms with Gasteiger partial charge in [0, 0.05) is 31.7 Å². The maximum Gasteiger partial charge on any atom is 0.254 e. The summed E-state index contributed by atoms with van der Waals surface area (Å²) in [6, 6.07) is 13.6. The molecule has 0 saturated carbocycles. The molecular weight excluding hydrogens is 348 g/mol. The number of anilines is 1. The summed E-state index contributed by atoms with van der Waals surface area (Å²) in [5.74, 6) is 0.356. The van der Waals surface area contributed by atoms with Crippen LogP contribution in [0.3, 0.4) is 0 Å². The summed E-state index contributed by atoms with van der Waals surface area (Å²) in [4.78, 5) is 16.6. The van der Waals surface area contributed by atoms with Gasteiger partial charge >= 0.3 is 0 Å². The van der Waals surface area contributed by atoms with Crippen molar-refractivity contribution in [2.45, 2.75) is 46.2 Å². The van der Waals surface area contributed by atoms with Gasteiger partial charge in [-0.05, 0) is 63.4 Å². The highest BCUT2D eigenvalue weighted by Crippen LogP contribution is 2.30. The van der Waals surface area contributed by atoms with Crippen molar-refractivity contribution >= 4 is 17.7 Å². The number of carbonyl (C=O) groups excluding carboxylic acids is 1. The number of benzene rings is 2. The average molecular weight is 381 g/mol. The number of rotatable bonds is 7. The molecule has 0 heterocycles. The topological polar surface area (TPSA) is 43.8 Å². The molecule has 0 unspecified atom stereocenters. The Morgan fingerprint density at radius 3 is 2.14 bits per heavy atom. The van der Waals surface area contributed by atoms with Gasteiger partial charge in [0.05, 0.1) is 5.69 Å². The Morgan fingerprint density at radius 2 is 1.61 bits per heavy atom. The van der Waals surface area contributed by atoms with Gasteiger partial charge in [-0.3, -0.25) is 4.79 Å². The fraction of sp³-hybridized carbons (Fsp3) is 0.375. The molecule has 4 heteroatoms. The number of para-hydroxylation sites is 1. The second-order valence-electron chi connectivity index (χ2n) is 7.81. The molecule has 0 aromatic heterocycles. The van der Waals surface area contributed by atoms with Gasteiger partial charge in [-0.2, -0.15) is 0 Å². The third kappa shape index (κ3) is 5.16. The van der Waals surface area contributed by atoms with E-state index in [0.29, 0.717) is 11.3 Å². The van der Waals surface area contributed by atoms with Gasteiger partial charge in [-0.15, -0.1) is 0 Å². The Labute approximate surface area is 169 Å². The number of nitrogens with zero attached hydrogens (tertiary/aromatic N) is 2. The molecule has 150 valence electrons. The summed E-state index contributed by atoms with van der Waals surface area (Å²) >= 11 is 0. The van der Waals surface area contributed by atoms with Crippen LogP contribution in [0, 0.1) is 0 Å². The summed E-state index contributed by atoms with van der Waals surface area (Å²) < 4.78 is 0. The molecule has 0 atom stereocenters. The average Bonchev–Trinajstić information content (AvgIpc) is 2.61. The summed E-state index contributed by atoms with van der Waals surface area (Å²) in [5.41, 5.74) is 3.67. The maximum atomic E-state index is 12.8. The summed E-state index contributed by atoms with van der Waals surface area (Å²) in [7, 11) is 3.85. The van der Waals surface area contributed by atoms with Crippen molar-refractivity contribution in [3.63, 3.8) is 0 Å². The van der Waals surface area contributed by atoms with Gasteiger partial charge in [0.1, 0.15) is 5.75 Å². The van der Waals surface area contributed by atoms with Gasteiger partial charge in [0.15, 0.2) is 0 Å². The number of carbonyl (C=O) groups is 1. The monoisotopic (exact) mass is 380 g/mol. The molecule has 2 rings (SSSR count). The predicted molar refractivity (Wildman–Crippen MR) is 118 cm³/mol. The molecule has 0 radical (unpaired) electrons. The van der Waals surface area contributed by atoms with E-state index in [1.54, 1.807) is 6.07 Å².